The second-order valence-corrected chi connectivity index (χ2v) is 7.13. The molecule has 0 saturated heterocycles. The Balaban J connectivity index is 1.85. The van der Waals surface area contributed by atoms with Gasteiger partial charge in [0.25, 0.3) is 0 Å². The standard InChI is InChI=1S/C22H27N3O3/c1-26-17-13-15(14-18(27-2)21(17)28-3)20-22(23-16-9-5-4-6-10-16)25-12-8-7-11-19(25)24-20/h7-8,11-14,16,23H,4-6,9-10H2,1-3H3. The van der Waals surface area contributed by atoms with E-state index in [-0.39, 0.29) is 0 Å². The van der Waals surface area contributed by atoms with Gasteiger partial charge in [0.2, 0.25) is 5.75 Å². The van der Waals surface area contributed by atoms with E-state index in [1.165, 1.54) is 32.1 Å². The second-order valence-electron chi connectivity index (χ2n) is 7.13. The van der Waals surface area contributed by atoms with Crippen molar-refractivity contribution in [1.82, 2.24) is 9.38 Å². The van der Waals surface area contributed by atoms with Crippen molar-refractivity contribution in [2.45, 2.75) is 38.1 Å². The molecule has 6 heteroatoms. The zero-order valence-corrected chi connectivity index (χ0v) is 16.7. The van der Waals surface area contributed by atoms with Crippen molar-refractivity contribution >= 4 is 11.5 Å². The summed E-state index contributed by atoms with van der Waals surface area (Å²) in [7, 11) is 4.87. The van der Waals surface area contributed by atoms with E-state index in [0.29, 0.717) is 23.3 Å². The first kappa shape index (κ1) is 18.5. The summed E-state index contributed by atoms with van der Waals surface area (Å²) in [6.07, 6.45) is 8.30. The molecule has 2 heterocycles. The van der Waals surface area contributed by atoms with Crippen LogP contribution in [0.15, 0.2) is 36.5 Å². The third-order valence-electron chi connectivity index (χ3n) is 5.41. The minimum Gasteiger partial charge on any atom is -0.493 e. The van der Waals surface area contributed by atoms with Gasteiger partial charge < -0.3 is 19.5 Å². The Bertz CT molecular complexity index is 936. The maximum absolute atomic E-state index is 5.54. The number of benzene rings is 1. The molecule has 0 aliphatic heterocycles. The summed E-state index contributed by atoms with van der Waals surface area (Å²) in [4.78, 5) is 4.90. The molecular weight excluding hydrogens is 354 g/mol. The topological polar surface area (TPSA) is 57.0 Å². The lowest BCUT2D eigenvalue weighted by Gasteiger charge is -2.24. The quantitative estimate of drug-likeness (QED) is 0.666. The Kier molecular flexibility index (Phi) is 5.28. The summed E-state index contributed by atoms with van der Waals surface area (Å²) in [6, 6.07) is 10.4. The van der Waals surface area contributed by atoms with Gasteiger partial charge >= 0.3 is 0 Å². The van der Waals surface area contributed by atoms with Gasteiger partial charge in [-0.25, -0.2) is 4.98 Å². The molecule has 1 fully saturated rings. The van der Waals surface area contributed by atoms with E-state index in [0.717, 1.165) is 22.7 Å². The van der Waals surface area contributed by atoms with Crippen LogP contribution in [0, 0.1) is 0 Å². The molecule has 1 aromatic carbocycles. The number of aromatic nitrogens is 2. The number of imidazole rings is 1. The molecule has 28 heavy (non-hydrogen) atoms. The smallest absolute Gasteiger partial charge is 0.203 e. The van der Waals surface area contributed by atoms with Gasteiger partial charge in [-0.1, -0.05) is 25.3 Å². The van der Waals surface area contributed by atoms with Gasteiger partial charge in [0, 0.05) is 17.8 Å². The molecule has 0 amide bonds. The van der Waals surface area contributed by atoms with E-state index in [1.54, 1.807) is 21.3 Å². The number of pyridine rings is 1. The van der Waals surface area contributed by atoms with Gasteiger partial charge in [-0.15, -0.1) is 0 Å². The van der Waals surface area contributed by atoms with Crippen LogP contribution < -0.4 is 19.5 Å². The highest BCUT2D eigenvalue weighted by molar-refractivity contribution is 5.79. The molecule has 1 saturated carbocycles. The predicted octanol–water partition coefficient (Wildman–Crippen LogP) is 4.77. The lowest BCUT2D eigenvalue weighted by Crippen LogP contribution is -2.23. The van der Waals surface area contributed by atoms with Gasteiger partial charge in [-0.3, -0.25) is 4.40 Å². The molecular formula is C22H27N3O3. The molecule has 0 spiro atoms. The number of hydrogen-bond donors (Lipinski definition) is 1. The van der Waals surface area contributed by atoms with Crippen molar-refractivity contribution in [2.24, 2.45) is 0 Å². The first-order valence-electron chi connectivity index (χ1n) is 9.79. The molecule has 0 radical (unpaired) electrons. The largest absolute Gasteiger partial charge is 0.493 e. The van der Waals surface area contributed by atoms with E-state index in [4.69, 9.17) is 19.2 Å². The summed E-state index contributed by atoms with van der Waals surface area (Å²) < 4.78 is 18.7. The van der Waals surface area contributed by atoms with Crippen LogP contribution in [-0.4, -0.2) is 36.8 Å². The number of nitrogens with zero attached hydrogens (tertiary/aromatic N) is 2. The molecule has 1 N–H and O–H groups in total. The van der Waals surface area contributed by atoms with E-state index < -0.39 is 0 Å². The van der Waals surface area contributed by atoms with Gasteiger partial charge in [-0.05, 0) is 37.1 Å². The Morgan fingerprint density at radius 2 is 1.68 bits per heavy atom. The highest BCUT2D eigenvalue weighted by Crippen LogP contribution is 2.42. The van der Waals surface area contributed by atoms with Crippen LogP contribution in [-0.2, 0) is 0 Å². The molecule has 6 nitrogen and oxygen atoms in total. The third kappa shape index (κ3) is 3.35. The normalized spacial score (nSPS) is 14.8. The number of hydrogen-bond acceptors (Lipinski definition) is 5. The first-order chi connectivity index (χ1) is 13.7. The Labute approximate surface area is 165 Å². The summed E-state index contributed by atoms with van der Waals surface area (Å²) in [5.41, 5.74) is 2.72. The molecule has 2 aromatic heterocycles. The van der Waals surface area contributed by atoms with E-state index >= 15 is 0 Å². The van der Waals surface area contributed by atoms with Crippen LogP contribution >= 0.6 is 0 Å². The highest BCUT2D eigenvalue weighted by Gasteiger charge is 2.22. The number of methoxy groups -OCH3 is 3. The fourth-order valence-electron chi connectivity index (χ4n) is 3.99. The zero-order chi connectivity index (χ0) is 19.5. The number of ether oxygens (including phenoxy) is 3. The summed E-state index contributed by atoms with van der Waals surface area (Å²) in [6.45, 7) is 0. The maximum atomic E-state index is 5.54. The third-order valence-corrected chi connectivity index (χ3v) is 5.41. The summed E-state index contributed by atoms with van der Waals surface area (Å²) >= 11 is 0. The van der Waals surface area contributed by atoms with Crippen LogP contribution in [0.4, 0.5) is 5.82 Å². The average molecular weight is 381 g/mol. The van der Waals surface area contributed by atoms with Crippen LogP contribution in [0.1, 0.15) is 32.1 Å². The van der Waals surface area contributed by atoms with Crippen LogP contribution in [0.3, 0.4) is 0 Å². The monoisotopic (exact) mass is 381 g/mol. The minimum atomic E-state index is 0.467. The van der Waals surface area contributed by atoms with Crippen molar-refractivity contribution in [3.8, 4) is 28.5 Å². The molecule has 0 unspecified atom stereocenters. The maximum Gasteiger partial charge on any atom is 0.203 e. The lowest BCUT2D eigenvalue weighted by molar-refractivity contribution is 0.324. The van der Waals surface area contributed by atoms with E-state index in [1.807, 2.05) is 30.3 Å². The minimum absolute atomic E-state index is 0.467. The Morgan fingerprint density at radius 1 is 0.964 bits per heavy atom. The number of fused-ring (bicyclic) bond motifs is 1. The second kappa shape index (κ2) is 8.00. The van der Waals surface area contributed by atoms with E-state index in [9.17, 15) is 0 Å². The molecule has 0 bridgehead atoms. The molecule has 0 atom stereocenters. The number of rotatable bonds is 6. The van der Waals surface area contributed by atoms with Gasteiger partial charge in [0.15, 0.2) is 11.5 Å². The van der Waals surface area contributed by atoms with Gasteiger partial charge in [0.05, 0.1) is 21.3 Å². The zero-order valence-electron chi connectivity index (χ0n) is 16.7. The van der Waals surface area contributed by atoms with Crippen LogP contribution in [0.5, 0.6) is 17.2 Å². The van der Waals surface area contributed by atoms with Gasteiger partial charge in [-0.2, -0.15) is 0 Å². The first-order valence-corrected chi connectivity index (χ1v) is 9.79. The van der Waals surface area contributed by atoms with Crippen molar-refractivity contribution in [1.29, 1.82) is 0 Å². The van der Waals surface area contributed by atoms with E-state index in [2.05, 4.69) is 15.9 Å². The fourth-order valence-corrected chi connectivity index (χ4v) is 3.99. The van der Waals surface area contributed by atoms with Gasteiger partial charge in [0.1, 0.15) is 17.2 Å². The molecule has 3 aromatic rings. The Morgan fingerprint density at radius 3 is 2.32 bits per heavy atom. The van der Waals surface area contributed by atoms with Crippen molar-refractivity contribution in [2.75, 3.05) is 26.6 Å². The van der Waals surface area contributed by atoms with Crippen molar-refractivity contribution in [3.05, 3.63) is 36.5 Å². The highest BCUT2D eigenvalue weighted by atomic mass is 16.5. The molecule has 148 valence electrons. The summed E-state index contributed by atoms with van der Waals surface area (Å²) in [5.74, 6) is 2.84. The average Bonchev–Trinajstić information content (AvgIpc) is 3.11. The predicted molar refractivity (Wildman–Crippen MR) is 111 cm³/mol. The van der Waals surface area contributed by atoms with Crippen molar-refractivity contribution < 1.29 is 14.2 Å². The summed E-state index contributed by atoms with van der Waals surface area (Å²) in [5, 5.41) is 3.76. The molecule has 1 aliphatic rings. The Hall–Kier alpha value is -2.89. The molecule has 4 rings (SSSR count). The molecule has 1 aliphatic carbocycles. The van der Waals surface area contributed by atoms with Crippen molar-refractivity contribution in [3.63, 3.8) is 0 Å². The fraction of sp³-hybridized carbons (Fsp3) is 0.409. The number of nitrogens with one attached hydrogen (secondary N) is 1. The van der Waals surface area contributed by atoms with Crippen LogP contribution in [0.2, 0.25) is 0 Å². The lowest BCUT2D eigenvalue weighted by atomic mass is 9.95. The number of anilines is 1. The van der Waals surface area contributed by atoms with Crippen LogP contribution in [0.25, 0.3) is 16.9 Å². The SMILES string of the molecule is COc1cc(-c2nc3ccccn3c2NC2CCCCC2)cc(OC)c1OC.